The van der Waals surface area contributed by atoms with E-state index in [1.165, 1.54) is 11.8 Å². The molecule has 0 saturated carbocycles. The van der Waals surface area contributed by atoms with Crippen LogP contribution in [0, 0.1) is 5.92 Å². The average Bonchev–Trinajstić information content (AvgIpc) is 3.01. The van der Waals surface area contributed by atoms with Crippen molar-refractivity contribution < 1.29 is 14.0 Å². The number of carbonyl (C=O) groups is 2. The summed E-state index contributed by atoms with van der Waals surface area (Å²) in [6, 6.07) is -0.642. The van der Waals surface area contributed by atoms with Gasteiger partial charge in [-0.15, -0.1) is 22.6 Å². The van der Waals surface area contributed by atoms with Crippen molar-refractivity contribution in [3.8, 4) is 0 Å². The summed E-state index contributed by atoms with van der Waals surface area (Å²) in [6.07, 6.45) is 0.896. The number of hydrogen-bond acceptors (Lipinski definition) is 7. The van der Waals surface area contributed by atoms with Crippen LogP contribution in [0.2, 0.25) is 0 Å². The van der Waals surface area contributed by atoms with Gasteiger partial charge in [0, 0.05) is 18.2 Å². The Balaban J connectivity index is 0.00000676. The van der Waals surface area contributed by atoms with Crippen LogP contribution in [-0.4, -0.2) is 57.7 Å². The quantitative estimate of drug-likeness (QED) is 0.409. The molecule has 1 N–H and O–H groups in total. The molecule has 0 saturated heterocycles. The largest absolute Gasteiger partial charge is 0.408 e. The molecule has 1 heterocycles. The SMILES string of the molecule is CCN(CC)CCC(=O)NC(CC(C)C)C(=O)c1nnc(SC(C)C)o1.Cl. The van der Waals surface area contributed by atoms with Crippen LogP contribution in [0.3, 0.4) is 0 Å². The molecule has 9 heteroatoms. The highest BCUT2D eigenvalue weighted by Gasteiger charge is 2.28. The Labute approximate surface area is 172 Å². The van der Waals surface area contributed by atoms with E-state index >= 15 is 0 Å². The fourth-order valence-corrected chi connectivity index (χ4v) is 3.09. The molecule has 0 radical (unpaired) electrons. The molecule has 1 unspecified atom stereocenters. The van der Waals surface area contributed by atoms with E-state index in [2.05, 4.69) is 34.3 Å². The van der Waals surface area contributed by atoms with Crippen LogP contribution in [0.5, 0.6) is 0 Å². The normalized spacial score (nSPS) is 12.3. The van der Waals surface area contributed by atoms with Gasteiger partial charge in [-0.25, -0.2) is 0 Å². The lowest BCUT2D eigenvalue weighted by Gasteiger charge is -2.20. The van der Waals surface area contributed by atoms with Gasteiger partial charge in [-0.3, -0.25) is 9.59 Å². The number of nitrogens with one attached hydrogen (secondary N) is 1. The van der Waals surface area contributed by atoms with Crippen LogP contribution in [0.4, 0.5) is 0 Å². The number of hydrogen-bond donors (Lipinski definition) is 1. The van der Waals surface area contributed by atoms with E-state index in [0.717, 1.165) is 13.1 Å². The van der Waals surface area contributed by atoms with Gasteiger partial charge in [0.25, 0.3) is 11.1 Å². The number of nitrogens with zero attached hydrogens (tertiary/aromatic N) is 3. The summed E-state index contributed by atoms with van der Waals surface area (Å²) in [5.74, 6) is -0.243. The minimum absolute atomic E-state index is 0. The van der Waals surface area contributed by atoms with Gasteiger partial charge in [0.2, 0.25) is 11.7 Å². The number of ketones is 1. The summed E-state index contributed by atoms with van der Waals surface area (Å²) in [4.78, 5) is 27.2. The molecule has 0 aliphatic carbocycles. The minimum Gasteiger partial charge on any atom is -0.408 e. The highest BCUT2D eigenvalue weighted by Crippen LogP contribution is 2.22. The highest BCUT2D eigenvalue weighted by atomic mass is 35.5. The summed E-state index contributed by atoms with van der Waals surface area (Å²) in [5, 5.41) is 11.3. The Bertz CT molecular complexity index is 577. The van der Waals surface area contributed by atoms with Crippen molar-refractivity contribution in [1.29, 1.82) is 0 Å². The Morgan fingerprint density at radius 3 is 2.30 bits per heavy atom. The molecule has 1 amide bonds. The van der Waals surface area contributed by atoms with Gasteiger partial charge in [0.15, 0.2) is 0 Å². The van der Waals surface area contributed by atoms with Crippen LogP contribution < -0.4 is 5.32 Å². The van der Waals surface area contributed by atoms with Crippen molar-refractivity contribution in [3.05, 3.63) is 5.89 Å². The van der Waals surface area contributed by atoms with Crippen molar-refractivity contribution in [3.63, 3.8) is 0 Å². The second-order valence-electron chi connectivity index (χ2n) is 6.93. The number of thioether (sulfide) groups is 1. The first-order valence-electron chi connectivity index (χ1n) is 9.32. The fraction of sp³-hybridized carbons (Fsp3) is 0.778. The lowest BCUT2D eigenvalue weighted by atomic mass is 10.00. The molecule has 0 aliphatic heterocycles. The van der Waals surface area contributed by atoms with E-state index in [1.54, 1.807) is 0 Å². The molecule has 0 spiro atoms. The van der Waals surface area contributed by atoms with Crippen LogP contribution in [0.15, 0.2) is 9.64 Å². The zero-order chi connectivity index (χ0) is 19.7. The summed E-state index contributed by atoms with van der Waals surface area (Å²) in [7, 11) is 0. The van der Waals surface area contributed by atoms with Gasteiger partial charge in [-0.2, -0.15) is 0 Å². The lowest BCUT2D eigenvalue weighted by molar-refractivity contribution is -0.122. The van der Waals surface area contributed by atoms with Gasteiger partial charge >= 0.3 is 0 Å². The molecule has 1 aromatic heterocycles. The molecule has 0 fully saturated rings. The molecular formula is C18H33ClN4O3S. The maximum atomic E-state index is 12.7. The molecule has 1 rings (SSSR count). The molecular weight excluding hydrogens is 388 g/mol. The monoisotopic (exact) mass is 420 g/mol. The third kappa shape index (κ3) is 9.58. The second-order valence-corrected chi connectivity index (χ2v) is 8.46. The molecule has 27 heavy (non-hydrogen) atoms. The van der Waals surface area contributed by atoms with E-state index in [1.807, 2.05) is 27.7 Å². The molecule has 0 aromatic carbocycles. The van der Waals surface area contributed by atoms with Gasteiger partial charge < -0.3 is 14.6 Å². The van der Waals surface area contributed by atoms with Crippen molar-refractivity contribution in [2.75, 3.05) is 19.6 Å². The third-order valence-corrected chi connectivity index (χ3v) is 4.70. The topological polar surface area (TPSA) is 88.3 Å². The number of rotatable bonds is 12. The Morgan fingerprint density at radius 2 is 1.78 bits per heavy atom. The van der Waals surface area contributed by atoms with Crippen molar-refractivity contribution in [2.45, 2.75) is 70.9 Å². The first-order chi connectivity index (χ1) is 12.3. The zero-order valence-corrected chi connectivity index (χ0v) is 18.8. The van der Waals surface area contributed by atoms with Gasteiger partial charge in [0.05, 0.1) is 6.04 Å². The minimum atomic E-state index is -0.642. The first kappa shape index (κ1) is 25.9. The molecule has 156 valence electrons. The Morgan fingerprint density at radius 1 is 1.15 bits per heavy atom. The Kier molecular flexibility index (Phi) is 12.6. The summed E-state index contributed by atoms with van der Waals surface area (Å²) in [5.41, 5.74) is 0. The highest BCUT2D eigenvalue weighted by molar-refractivity contribution is 7.99. The predicted octanol–water partition coefficient (Wildman–Crippen LogP) is 3.44. The van der Waals surface area contributed by atoms with Crippen molar-refractivity contribution >= 4 is 35.9 Å². The first-order valence-corrected chi connectivity index (χ1v) is 10.2. The molecule has 0 bridgehead atoms. The van der Waals surface area contributed by atoms with Crippen LogP contribution in [-0.2, 0) is 4.79 Å². The van der Waals surface area contributed by atoms with Gasteiger partial charge in [-0.05, 0) is 25.4 Å². The molecule has 0 aliphatic rings. The lowest BCUT2D eigenvalue weighted by Crippen LogP contribution is -2.43. The third-order valence-electron chi connectivity index (χ3n) is 3.86. The maximum Gasteiger partial charge on any atom is 0.286 e. The smallest absolute Gasteiger partial charge is 0.286 e. The van der Waals surface area contributed by atoms with Crippen LogP contribution in [0.25, 0.3) is 0 Å². The molecule has 1 atom stereocenters. The molecule has 7 nitrogen and oxygen atoms in total. The molecule has 1 aromatic rings. The predicted molar refractivity (Wildman–Crippen MR) is 111 cm³/mol. The number of amides is 1. The number of Topliss-reactive ketones (excluding diaryl/α,β-unsaturated/α-hetero) is 1. The van der Waals surface area contributed by atoms with Gasteiger partial charge in [-0.1, -0.05) is 53.3 Å². The number of carbonyl (C=O) groups excluding carboxylic acids is 2. The van der Waals surface area contributed by atoms with E-state index in [0.29, 0.717) is 24.6 Å². The summed E-state index contributed by atoms with van der Waals surface area (Å²) < 4.78 is 5.47. The second kappa shape index (κ2) is 13.1. The van der Waals surface area contributed by atoms with Crippen LogP contribution in [0.1, 0.15) is 65.1 Å². The standard InChI is InChI=1S/C18H32N4O3S.ClH/c1-7-22(8-2)10-9-15(23)19-14(11-12(3)4)16(24)17-20-21-18(25-17)26-13(5)6;/h12-14H,7-11H2,1-6H3,(H,19,23);1H. The fourth-order valence-electron chi connectivity index (χ4n) is 2.48. The zero-order valence-electron chi connectivity index (χ0n) is 17.2. The van der Waals surface area contributed by atoms with E-state index in [4.69, 9.17) is 4.42 Å². The summed E-state index contributed by atoms with van der Waals surface area (Å²) >= 11 is 1.41. The maximum absolute atomic E-state index is 12.7. The van der Waals surface area contributed by atoms with Crippen molar-refractivity contribution in [1.82, 2.24) is 20.4 Å². The van der Waals surface area contributed by atoms with Crippen LogP contribution >= 0.6 is 24.2 Å². The van der Waals surface area contributed by atoms with E-state index in [-0.39, 0.29) is 41.2 Å². The number of halogens is 1. The summed E-state index contributed by atoms with van der Waals surface area (Å²) in [6.45, 7) is 14.6. The van der Waals surface area contributed by atoms with Crippen molar-refractivity contribution in [2.24, 2.45) is 5.92 Å². The van der Waals surface area contributed by atoms with E-state index < -0.39 is 6.04 Å². The van der Waals surface area contributed by atoms with Gasteiger partial charge in [0.1, 0.15) is 0 Å². The number of aromatic nitrogens is 2. The van der Waals surface area contributed by atoms with E-state index in [9.17, 15) is 9.59 Å². The average molecular weight is 421 g/mol. The Hall–Kier alpha value is -1.12.